The molecule has 1 unspecified atom stereocenters. The van der Waals surface area contributed by atoms with E-state index in [4.69, 9.17) is 0 Å². The summed E-state index contributed by atoms with van der Waals surface area (Å²) < 4.78 is 54.4. The molecule has 0 aliphatic heterocycles. The Morgan fingerprint density at radius 2 is 1.81 bits per heavy atom. The Kier molecular flexibility index (Phi) is 5.46. The fourth-order valence-electron chi connectivity index (χ4n) is 1.59. The van der Waals surface area contributed by atoms with Crippen molar-refractivity contribution in [1.82, 2.24) is 10.0 Å². The molecule has 0 radical (unpaired) electrons. The monoisotopic (exact) mass is 320 g/mol. The number of nitrogens with one attached hydrogen (secondary N) is 2. The SMILES string of the molecule is CNCc1cc(F)c(F)c(S(=O)(=O)NC(C)C(C)(C)C)c1. The van der Waals surface area contributed by atoms with Crippen LogP contribution in [0.4, 0.5) is 8.78 Å². The zero-order valence-electron chi connectivity index (χ0n) is 12.9. The number of sulfonamides is 1. The molecular weight excluding hydrogens is 298 g/mol. The lowest BCUT2D eigenvalue weighted by atomic mass is 9.89. The molecule has 0 amide bonds. The molecule has 1 aromatic carbocycles. The van der Waals surface area contributed by atoms with Crippen molar-refractivity contribution in [2.24, 2.45) is 5.41 Å². The average Bonchev–Trinajstić information content (AvgIpc) is 2.32. The summed E-state index contributed by atoms with van der Waals surface area (Å²) in [4.78, 5) is -0.663. The minimum atomic E-state index is -4.13. The van der Waals surface area contributed by atoms with Gasteiger partial charge in [-0.3, -0.25) is 0 Å². The average molecular weight is 320 g/mol. The van der Waals surface area contributed by atoms with E-state index in [-0.39, 0.29) is 12.0 Å². The minimum Gasteiger partial charge on any atom is -0.316 e. The number of halogens is 2. The first-order chi connectivity index (χ1) is 9.49. The second kappa shape index (κ2) is 6.37. The first-order valence-corrected chi connectivity index (χ1v) is 8.12. The van der Waals surface area contributed by atoms with Crippen LogP contribution in [0.3, 0.4) is 0 Å². The highest BCUT2D eigenvalue weighted by Gasteiger charge is 2.29. The van der Waals surface area contributed by atoms with Crippen LogP contribution in [0.25, 0.3) is 0 Å². The van der Waals surface area contributed by atoms with Crippen molar-refractivity contribution >= 4 is 10.0 Å². The van der Waals surface area contributed by atoms with Crippen LogP contribution in [0.5, 0.6) is 0 Å². The predicted molar refractivity (Wildman–Crippen MR) is 78.4 cm³/mol. The van der Waals surface area contributed by atoms with E-state index in [0.717, 1.165) is 12.1 Å². The van der Waals surface area contributed by atoms with Gasteiger partial charge in [-0.05, 0) is 37.1 Å². The van der Waals surface area contributed by atoms with E-state index in [1.54, 1.807) is 14.0 Å². The molecule has 0 saturated carbocycles. The van der Waals surface area contributed by atoms with E-state index in [9.17, 15) is 17.2 Å². The summed E-state index contributed by atoms with van der Waals surface area (Å²) >= 11 is 0. The molecule has 0 saturated heterocycles. The summed E-state index contributed by atoms with van der Waals surface area (Å²) in [6.45, 7) is 7.50. The molecule has 21 heavy (non-hydrogen) atoms. The highest BCUT2D eigenvalue weighted by Crippen LogP contribution is 2.24. The first kappa shape index (κ1) is 18.0. The Bertz CT molecular complexity index is 610. The highest BCUT2D eigenvalue weighted by atomic mass is 32.2. The van der Waals surface area contributed by atoms with Crippen LogP contribution in [0.1, 0.15) is 33.3 Å². The molecule has 2 N–H and O–H groups in total. The number of rotatable bonds is 5. The molecule has 1 atom stereocenters. The zero-order valence-corrected chi connectivity index (χ0v) is 13.7. The normalized spacial score (nSPS) is 14.2. The molecule has 1 rings (SSSR count). The van der Waals surface area contributed by atoms with Crippen molar-refractivity contribution < 1.29 is 17.2 Å². The summed E-state index contributed by atoms with van der Waals surface area (Å²) in [5.41, 5.74) is 0.0187. The molecule has 0 bridgehead atoms. The van der Waals surface area contributed by atoms with E-state index in [2.05, 4.69) is 10.0 Å². The molecule has 4 nitrogen and oxygen atoms in total. The molecule has 7 heteroatoms. The lowest BCUT2D eigenvalue weighted by Crippen LogP contribution is -2.41. The third-order valence-corrected chi connectivity index (χ3v) is 4.90. The van der Waals surface area contributed by atoms with Gasteiger partial charge >= 0.3 is 0 Å². The number of benzene rings is 1. The molecule has 0 aromatic heterocycles. The molecule has 1 aromatic rings. The van der Waals surface area contributed by atoms with Crippen LogP contribution in [-0.2, 0) is 16.6 Å². The van der Waals surface area contributed by atoms with Crippen LogP contribution in [0.2, 0.25) is 0 Å². The fraction of sp³-hybridized carbons (Fsp3) is 0.571. The number of hydrogen-bond donors (Lipinski definition) is 2. The van der Waals surface area contributed by atoms with Crippen molar-refractivity contribution in [2.45, 2.75) is 45.2 Å². The van der Waals surface area contributed by atoms with Crippen molar-refractivity contribution in [2.75, 3.05) is 7.05 Å². The quantitative estimate of drug-likeness (QED) is 0.876. The minimum absolute atomic E-state index is 0.245. The van der Waals surface area contributed by atoms with Crippen LogP contribution in [0.15, 0.2) is 17.0 Å². The summed E-state index contributed by atoms with van der Waals surface area (Å²) in [5, 5.41) is 2.77. The highest BCUT2D eigenvalue weighted by molar-refractivity contribution is 7.89. The van der Waals surface area contributed by atoms with Gasteiger partial charge < -0.3 is 5.32 Å². The maximum Gasteiger partial charge on any atom is 0.243 e. The molecule has 0 spiro atoms. The second-order valence-corrected chi connectivity index (χ2v) is 7.81. The van der Waals surface area contributed by atoms with Gasteiger partial charge in [-0.25, -0.2) is 21.9 Å². The van der Waals surface area contributed by atoms with Crippen molar-refractivity contribution in [3.05, 3.63) is 29.3 Å². The first-order valence-electron chi connectivity index (χ1n) is 6.64. The van der Waals surface area contributed by atoms with Crippen LogP contribution in [0, 0.1) is 17.0 Å². The summed E-state index contributed by atoms with van der Waals surface area (Å²) in [5.74, 6) is -2.53. The predicted octanol–water partition coefficient (Wildman–Crippen LogP) is 2.40. The van der Waals surface area contributed by atoms with E-state index in [0.29, 0.717) is 5.56 Å². The van der Waals surface area contributed by atoms with Crippen molar-refractivity contribution in [3.8, 4) is 0 Å². The van der Waals surface area contributed by atoms with Gasteiger partial charge in [-0.15, -0.1) is 0 Å². The molecule has 0 heterocycles. The Labute approximate surface area is 125 Å². The van der Waals surface area contributed by atoms with Gasteiger partial charge in [-0.2, -0.15) is 0 Å². The van der Waals surface area contributed by atoms with Gasteiger partial charge in [0.2, 0.25) is 10.0 Å². The Morgan fingerprint density at radius 3 is 2.29 bits per heavy atom. The van der Waals surface area contributed by atoms with Crippen LogP contribution >= 0.6 is 0 Å². The van der Waals surface area contributed by atoms with Gasteiger partial charge in [-0.1, -0.05) is 20.8 Å². The molecular formula is C14H22F2N2O2S. The van der Waals surface area contributed by atoms with Crippen molar-refractivity contribution in [3.63, 3.8) is 0 Å². The summed E-state index contributed by atoms with van der Waals surface area (Å²) in [7, 11) is -2.50. The van der Waals surface area contributed by atoms with Crippen molar-refractivity contribution in [1.29, 1.82) is 0 Å². The van der Waals surface area contributed by atoms with Gasteiger partial charge in [0, 0.05) is 12.6 Å². The second-order valence-electron chi connectivity index (χ2n) is 6.13. The maximum atomic E-state index is 13.8. The van der Waals surface area contributed by atoms with Gasteiger partial charge in [0.05, 0.1) is 0 Å². The lowest BCUT2D eigenvalue weighted by Gasteiger charge is -2.28. The largest absolute Gasteiger partial charge is 0.316 e. The van der Waals surface area contributed by atoms with Gasteiger partial charge in [0.25, 0.3) is 0 Å². The molecule has 120 valence electrons. The third-order valence-electron chi connectivity index (χ3n) is 3.36. The van der Waals surface area contributed by atoms with Crippen LogP contribution in [-0.4, -0.2) is 21.5 Å². The topological polar surface area (TPSA) is 58.2 Å². The molecule has 0 fully saturated rings. The summed E-state index contributed by atoms with van der Waals surface area (Å²) in [6.07, 6.45) is 0. The lowest BCUT2D eigenvalue weighted by molar-refractivity contribution is 0.317. The summed E-state index contributed by atoms with van der Waals surface area (Å²) in [6, 6.07) is 1.70. The maximum absolute atomic E-state index is 13.8. The molecule has 0 aliphatic rings. The van der Waals surface area contributed by atoms with Gasteiger partial charge in [0.15, 0.2) is 11.6 Å². The van der Waals surface area contributed by atoms with E-state index >= 15 is 0 Å². The van der Waals surface area contributed by atoms with E-state index in [1.807, 2.05) is 20.8 Å². The van der Waals surface area contributed by atoms with Gasteiger partial charge in [0.1, 0.15) is 4.90 Å². The standard InChI is InChI=1S/C14H22F2N2O2S/c1-9(14(2,3)4)18-21(19,20)12-7-10(8-17-5)6-11(15)13(12)16/h6-7,9,17-18H,8H2,1-5H3. The Balaban J connectivity index is 3.25. The van der Waals surface area contributed by atoms with E-state index < -0.39 is 32.6 Å². The molecule has 0 aliphatic carbocycles. The van der Waals surface area contributed by atoms with E-state index in [1.165, 1.54) is 0 Å². The number of hydrogen-bond acceptors (Lipinski definition) is 3. The smallest absolute Gasteiger partial charge is 0.243 e. The third kappa shape index (κ3) is 4.46. The zero-order chi connectivity index (χ0) is 16.4. The Morgan fingerprint density at radius 1 is 1.24 bits per heavy atom. The fourth-order valence-corrected chi connectivity index (χ4v) is 3.18. The van der Waals surface area contributed by atoms with Crippen LogP contribution < -0.4 is 10.0 Å². The Hall–Kier alpha value is -1.05.